The smallest absolute Gasteiger partial charge is 0.335 e. The third-order valence-electron chi connectivity index (χ3n) is 5.25. The Morgan fingerprint density at radius 3 is 2.66 bits per heavy atom. The molecule has 38 heavy (non-hydrogen) atoms. The van der Waals surface area contributed by atoms with Gasteiger partial charge in [0.1, 0.15) is 17.9 Å². The van der Waals surface area contributed by atoms with Crippen molar-refractivity contribution in [1.82, 2.24) is 10.4 Å². The van der Waals surface area contributed by atoms with Crippen LogP contribution in [0, 0.1) is 0 Å². The van der Waals surface area contributed by atoms with E-state index >= 15 is 0 Å². The molecule has 0 radical (unpaired) electrons. The topological polar surface area (TPSA) is 119 Å². The average molecular weight is 578 g/mol. The fourth-order valence-corrected chi connectivity index (χ4v) is 4.14. The highest BCUT2D eigenvalue weighted by atomic mass is 79.9. The number of carboxylic acid groups (broad SMARTS) is 1. The number of hydrazone groups is 1. The summed E-state index contributed by atoms with van der Waals surface area (Å²) in [5.74, 6) is 0.0113. The van der Waals surface area contributed by atoms with Gasteiger partial charge < -0.3 is 19.3 Å². The molecule has 2 N–H and O–H groups in total. The molecule has 0 fully saturated rings. The van der Waals surface area contributed by atoms with Gasteiger partial charge in [0.05, 0.1) is 22.9 Å². The number of rotatable bonds is 11. The summed E-state index contributed by atoms with van der Waals surface area (Å²) in [6.07, 6.45) is 3.14. The van der Waals surface area contributed by atoms with Crippen molar-refractivity contribution in [3.63, 3.8) is 0 Å². The molecule has 3 aromatic carbocycles. The molecule has 0 atom stereocenters. The third kappa shape index (κ3) is 6.86. The van der Waals surface area contributed by atoms with Crippen LogP contribution in [0.15, 0.2) is 82.5 Å². The van der Waals surface area contributed by atoms with E-state index < -0.39 is 11.9 Å². The van der Waals surface area contributed by atoms with E-state index in [4.69, 9.17) is 14.2 Å². The van der Waals surface area contributed by atoms with Crippen molar-refractivity contribution >= 4 is 44.9 Å². The summed E-state index contributed by atoms with van der Waals surface area (Å²) in [5.41, 5.74) is 4.66. The maximum absolute atomic E-state index is 12.3. The van der Waals surface area contributed by atoms with Crippen LogP contribution < -0.4 is 19.6 Å². The lowest BCUT2D eigenvalue weighted by atomic mass is 10.1. The number of nitrogens with one attached hydrogen (secondary N) is 1. The number of halogens is 1. The first-order chi connectivity index (χ1) is 18.4. The van der Waals surface area contributed by atoms with Crippen LogP contribution in [0.3, 0.4) is 0 Å². The highest BCUT2D eigenvalue weighted by Crippen LogP contribution is 2.37. The predicted molar refractivity (Wildman–Crippen MR) is 146 cm³/mol. The van der Waals surface area contributed by atoms with Gasteiger partial charge in [-0.1, -0.05) is 30.3 Å². The van der Waals surface area contributed by atoms with E-state index in [-0.39, 0.29) is 18.8 Å². The molecule has 0 saturated heterocycles. The lowest BCUT2D eigenvalue weighted by Gasteiger charge is -2.15. The Kier molecular flexibility index (Phi) is 8.89. The standard InChI is InChI=1S/C28H24BrN3O6/c1-2-36-24-14-19(13-22(29)27(24)38-16-18-6-3-8-21(12-18)28(34)35)15-31-32-25(33)17-37-23-10-4-7-20-9-5-11-30-26(20)23/h3-15H,2,16-17H2,1H3,(H,32,33)(H,34,35). The van der Waals surface area contributed by atoms with Crippen LogP contribution in [0.2, 0.25) is 0 Å². The zero-order valence-electron chi connectivity index (χ0n) is 20.4. The first-order valence-electron chi connectivity index (χ1n) is 11.6. The average Bonchev–Trinajstić information content (AvgIpc) is 2.91. The molecule has 0 aliphatic carbocycles. The van der Waals surface area contributed by atoms with Crippen molar-refractivity contribution in [3.05, 3.63) is 94.1 Å². The second-order valence-electron chi connectivity index (χ2n) is 7.97. The van der Waals surface area contributed by atoms with E-state index in [2.05, 4.69) is 31.4 Å². The maximum atomic E-state index is 12.3. The summed E-state index contributed by atoms with van der Waals surface area (Å²) >= 11 is 3.50. The molecule has 0 bridgehead atoms. The Bertz CT molecular complexity index is 1490. The molecule has 4 rings (SSSR count). The molecule has 10 heteroatoms. The lowest BCUT2D eigenvalue weighted by molar-refractivity contribution is -0.123. The monoisotopic (exact) mass is 577 g/mol. The number of aromatic carboxylic acids is 1. The SMILES string of the molecule is CCOc1cc(C=NNC(=O)COc2cccc3cccnc23)cc(Br)c1OCc1cccc(C(=O)O)c1. The number of hydrogen-bond donors (Lipinski definition) is 2. The van der Waals surface area contributed by atoms with Crippen molar-refractivity contribution in [2.45, 2.75) is 13.5 Å². The van der Waals surface area contributed by atoms with Gasteiger partial charge >= 0.3 is 5.97 Å². The van der Waals surface area contributed by atoms with Crippen LogP contribution in [0.4, 0.5) is 0 Å². The number of ether oxygens (including phenoxy) is 3. The summed E-state index contributed by atoms with van der Waals surface area (Å²) in [5, 5.41) is 14.1. The molecule has 1 aromatic heterocycles. The van der Waals surface area contributed by atoms with Crippen molar-refractivity contribution in [2.24, 2.45) is 5.10 Å². The first-order valence-corrected chi connectivity index (χ1v) is 12.4. The van der Waals surface area contributed by atoms with Crippen LogP contribution in [0.5, 0.6) is 17.2 Å². The van der Waals surface area contributed by atoms with Gasteiger partial charge in [0.2, 0.25) is 0 Å². The van der Waals surface area contributed by atoms with Gasteiger partial charge in [-0.2, -0.15) is 5.10 Å². The van der Waals surface area contributed by atoms with Crippen LogP contribution in [0.1, 0.15) is 28.4 Å². The van der Waals surface area contributed by atoms with Gasteiger partial charge in [-0.15, -0.1) is 0 Å². The molecule has 0 aliphatic heterocycles. The van der Waals surface area contributed by atoms with Crippen molar-refractivity contribution in [2.75, 3.05) is 13.2 Å². The normalized spacial score (nSPS) is 10.9. The second-order valence-corrected chi connectivity index (χ2v) is 8.82. The number of fused-ring (bicyclic) bond motifs is 1. The molecule has 0 spiro atoms. The Hall–Kier alpha value is -4.44. The van der Waals surface area contributed by atoms with Crippen LogP contribution in [-0.4, -0.2) is 41.4 Å². The summed E-state index contributed by atoms with van der Waals surface area (Å²) in [4.78, 5) is 27.8. The number of para-hydroxylation sites is 1. The molecule has 194 valence electrons. The minimum absolute atomic E-state index is 0.148. The molecule has 9 nitrogen and oxygen atoms in total. The van der Waals surface area contributed by atoms with E-state index in [9.17, 15) is 14.7 Å². The number of amides is 1. The van der Waals surface area contributed by atoms with Crippen molar-refractivity contribution in [3.8, 4) is 17.2 Å². The Morgan fingerprint density at radius 1 is 1.03 bits per heavy atom. The molecular formula is C28H24BrN3O6. The maximum Gasteiger partial charge on any atom is 0.335 e. The Morgan fingerprint density at radius 2 is 1.84 bits per heavy atom. The van der Waals surface area contributed by atoms with E-state index in [1.807, 2.05) is 31.2 Å². The molecular weight excluding hydrogens is 554 g/mol. The highest BCUT2D eigenvalue weighted by molar-refractivity contribution is 9.10. The fourth-order valence-electron chi connectivity index (χ4n) is 3.56. The van der Waals surface area contributed by atoms with Crippen LogP contribution in [-0.2, 0) is 11.4 Å². The summed E-state index contributed by atoms with van der Waals surface area (Å²) < 4.78 is 17.9. The van der Waals surface area contributed by atoms with Gasteiger partial charge in [0.25, 0.3) is 5.91 Å². The number of carboxylic acids is 1. The van der Waals surface area contributed by atoms with Gasteiger partial charge in [-0.05, 0) is 70.4 Å². The predicted octanol–water partition coefficient (Wildman–Crippen LogP) is 5.20. The lowest BCUT2D eigenvalue weighted by Crippen LogP contribution is -2.24. The van der Waals surface area contributed by atoms with E-state index in [0.29, 0.717) is 45.0 Å². The molecule has 0 aliphatic rings. The summed E-state index contributed by atoms with van der Waals surface area (Å²) in [6.45, 7) is 2.17. The number of hydrogen-bond acceptors (Lipinski definition) is 7. The quantitative estimate of drug-likeness (QED) is 0.185. The minimum atomic E-state index is -1.00. The molecule has 4 aromatic rings. The minimum Gasteiger partial charge on any atom is -0.490 e. The van der Waals surface area contributed by atoms with E-state index in [0.717, 1.165) is 5.39 Å². The van der Waals surface area contributed by atoms with Crippen molar-refractivity contribution in [1.29, 1.82) is 0 Å². The van der Waals surface area contributed by atoms with Crippen LogP contribution >= 0.6 is 15.9 Å². The highest BCUT2D eigenvalue weighted by Gasteiger charge is 2.13. The zero-order chi connectivity index (χ0) is 26.9. The largest absolute Gasteiger partial charge is 0.490 e. The van der Waals surface area contributed by atoms with E-state index in [1.165, 1.54) is 12.3 Å². The Balaban J connectivity index is 1.38. The van der Waals surface area contributed by atoms with Crippen molar-refractivity contribution < 1.29 is 28.9 Å². The molecule has 0 unspecified atom stereocenters. The number of nitrogens with zero attached hydrogens (tertiary/aromatic N) is 2. The number of carbonyl (C=O) groups excluding carboxylic acids is 1. The zero-order valence-corrected chi connectivity index (χ0v) is 22.0. The Labute approximate surface area is 227 Å². The molecule has 1 amide bonds. The second kappa shape index (κ2) is 12.7. The first kappa shape index (κ1) is 26.6. The number of carbonyl (C=O) groups is 2. The van der Waals surface area contributed by atoms with Gasteiger partial charge in [0.15, 0.2) is 18.1 Å². The number of aromatic nitrogens is 1. The van der Waals surface area contributed by atoms with Gasteiger partial charge in [-0.25, -0.2) is 10.2 Å². The number of pyridine rings is 1. The van der Waals surface area contributed by atoms with Crippen LogP contribution in [0.25, 0.3) is 10.9 Å². The molecule has 0 saturated carbocycles. The van der Waals surface area contributed by atoms with Gasteiger partial charge in [0, 0.05) is 11.6 Å². The summed E-state index contributed by atoms with van der Waals surface area (Å²) in [6, 6.07) is 19.3. The number of benzene rings is 3. The molecule has 1 heterocycles. The third-order valence-corrected chi connectivity index (χ3v) is 5.84. The van der Waals surface area contributed by atoms with E-state index in [1.54, 1.807) is 42.6 Å². The van der Waals surface area contributed by atoms with Gasteiger partial charge in [-0.3, -0.25) is 9.78 Å². The summed E-state index contributed by atoms with van der Waals surface area (Å²) in [7, 11) is 0. The fraction of sp³-hybridized carbons (Fsp3) is 0.143.